The van der Waals surface area contributed by atoms with Gasteiger partial charge in [0.15, 0.2) is 0 Å². The van der Waals surface area contributed by atoms with E-state index in [1.165, 1.54) is 48.5 Å². The molecule has 1 amide bonds. The number of carbonyl (C=O) groups is 1. The third-order valence-corrected chi connectivity index (χ3v) is 5.71. The van der Waals surface area contributed by atoms with E-state index in [9.17, 15) is 22.0 Å². The van der Waals surface area contributed by atoms with Crippen LogP contribution < -0.4 is 10.0 Å². The van der Waals surface area contributed by atoms with Crippen LogP contribution in [0.2, 0.25) is 5.02 Å². The molecule has 0 heterocycles. The Bertz CT molecular complexity index is 1200. The summed E-state index contributed by atoms with van der Waals surface area (Å²) in [6.45, 7) is 1.63. The van der Waals surface area contributed by atoms with Gasteiger partial charge in [-0.3, -0.25) is 9.52 Å². The molecule has 150 valence electrons. The van der Waals surface area contributed by atoms with Crippen molar-refractivity contribution in [2.75, 3.05) is 10.0 Å². The lowest BCUT2D eigenvalue weighted by molar-refractivity contribution is 0.102. The van der Waals surface area contributed by atoms with E-state index < -0.39 is 27.6 Å². The smallest absolute Gasteiger partial charge is 0.262 e. The van der Waals surface area contributed by atoms with Crippen molar-refractivity contribution in [1.82, 2.24) is 0 Å². The summed E-state index contributed by atoms with van der Waals surface area (Å²) in [5.74, 6) is -1.96. The van der Waals surface area contributed by atoms with Crippen LogP contribution in [0.15, 0.2) is 65.6 Å². The number of benzene rings is 3. The molecule has 0 aliphatic rings. The van der Waals surface area contributed by atoms with Crippen molar-refractivity contribution in [3.05, 3.63) is 88.4 Å². The molecular formula is C20H15ClF2N2O3S. The number of carbonyl (C=O) groups excluding carboxylic acids is 1. The largest absolute Gasteiger partial charge is 0.322 e. The second-order valence-corrected chi connectivity index (χ2v) is 8.23. The highest BCUT2D eigenvalue weighted by molar-refractivity contribution is 7.92. The van der Waals surface area contributed by atoms with Gasteiger partial charge in [0, 0.05) is 11.3 Å². The minimum Gasteiger partial charge on any atom is -0.322 e. The molecule has 0 saturated carbocycles. The first-order valence-electron chi connectivity index (χ1n) is 8.32. The summed E-state index contributed by atoms with van der Waals surface area (Å²) in [6, 6.07) is 13.0. The van der Waals surface area contributed by atoms with Crippen LogP contribution in [0, 0.1) is 18.6 Å². The molecule has 3 aromatic rings. The Balaban J connectivity index is 1.89. The Labute approximate surface area is 171 Å². The van der Waals surface area contributed by atoms with Crippen LogP contribution in [0.5, 0.6) is 0 Å². The topological polar surface area (TPSA) is 75.3 Å². The van der Waals surface area contributed by atoms with E-state index in [0.717, 1.165) is 12.1 Å². The number of hydrogen-bond acceptors (Lipinski definition) is 3. The molecule has 0 aliphatic heterocycles. The van der Waals surface area contributed by atoms with Gasteiger partial charge in [-0.05, 0) is 55.0 Å². The molecule has 3 aromatic carbocycles. The number of para-hydroxylation sites is 1. The van der Waals surface area contributed by atoms with Gasteiger partial charge in [0.2, 0.25) is 0 Å². The number of anilines is 2. The molecule has 0 radical (unpaired) electrons. The Morgan fingerprint density at radius 2 is 1.69 bits per heavy atom. The molecule has 0 aliphatic carbocycles. The molecule has 3 rings (SSSR count). The van der Waals surface area contributed by atoms with Crippen molar-refractivity contribution in [1.29, 1.82) is 0 Å². The first kappa shape index (κ1) is 20.8. The zero-order valence-corrected chi connectivity index (χ0v) is 16.6. The van der Waals surface area contributed by atoms with Gasteiger partial charge < -0.3 is 5.32 Å². The van der Waals surface area contributed by atoms with Gasteiger partial charge in [-0.1, -0.05) is 29.8 Å². The van der Waals surface area contributed by atoms with E-state index >= 15 is 0 Å². The lowest BCUT2D eigenvalue weighted by Gasteiger charge is -2.12. The second-order valence-electron chi connectivity index (χ2n) is 6.15. The van der Waals surface area contributed by atoms with Crippen LogP contribution in [-0.2, 0) is 10.0 Å². The first-order valence-corrected chi connectivity index (χ1v) is 10.2. The maximum Gasteiger partial charge on any atom is 0.262 e. The normalized spacial score (nSPS) is 11.2. The summed E-state index contributed by atoms with van der Waals surface area (Å²) in [4.78, 5) is 12.4. The van der Waals surface area contributed by atoms with Crippen LogP contribution in [0.25, 0.3) is 0 Å². The van der Waals surface area contributed by atoms with E-state index in [2.05, 4.69) is 10.0 Å². The minimum absolute atomic E-state index is 0.0851. The molecule has 29 heavy (non-hydrogen) atoms. The van der Waals surface area contributed by atoms with Gasteiger partial charge in [0.1, 0.15) is 11.6 Å². The first-order chi connectivity index (χ1) is 13.7. The van der Waals surface area contributed by atoms with Gasteiger partial charge in [-0.15, -0.1) is 0 Å². The number of hydrogen-bond donors (Lipinski definition) is 2. The predicted molar refractivity (Wildman–Crippen MR) is 108 cm³/mol. The minimum atomic E-state index is -4.13. The summed E-state index contributed by atoms with van der Waals surface area (Å²) >= 11 is 5.70. The molecule has 0 fully saturated rings. The van der Waals surface area contributed by atoms with Crippen LogP contribution in [0.1, 0.15) is 15.9 Å². The van der Waals surface area contributed by atoms with Crippen LogP contribution in [0.3, 0.4) is 0 Å². The highest BCUT2D eigenvalue weighted by Gasteiger charge is 2.20. The van der Waals surface area contributed by atoms with Gasteiger partial charge in [-0.2, -0.15) is 0 Å². The van der Waals surface area contributed by atoms with Gasteiger partial charge in [0.05, 0.1) is 15.6 Å². The maximum atomic E-state index is 13.8. The molecule has 0 saturated heterocycles. The quantitative estimate of drug-likeness (QED) is 0.592. The SMILES string of the molecule is Cc1ccc(S(=O)(=O)Nc2ccccc2F)cc1C(=O)Nc1ccc(F)c(Cl)c1. The number of sulfonamides is 1. The maximum absolute atomic E-state index is 13.8. The monoisotopic (exact) mass is 436 g/mol. The van der Waals surface area contributed by atoms with Gasteiger partial charge in [0.25, 0.3) is 15.9 Å². The van der Waals surface area contributed by atoms with Crippen LogP contribution in [0.4, 0.5) is 20.2 Å². The van der Waals surface area contributed by atoms with E-state index in [4.69, 9.17) is 11.6 Å². The Hall–Kier alpha value is -2.97. The third-order valence-electron chi connectivity index (χ3n) is 4.06. The molecule has 5 nitrogen and oxygen atoms in total. The summed E-state index contributed by atoms with van der Waals surface area (Å²) in [6.07, 6.45) is 0. The van der Waals surface area contributed by atoms with Gasteiger partial charge >= 0.3 is 0 Å². The average molecular weight is 437 g/mol. The zero-order chi connectivity index (χ0) is 21.2. The standard InChI is InChI=1S/C20H15ClF2N2O3S/c1-12-6-8-14(29(27,28)25-19-5-3-2-4-18(19)23)11-15(12)20(26)24-13-7-9-17(22)16(21)10-13/h2-11,25H,1H3,(H,24,26). The Morgan fingerprint density at radius 1 is 0.966 bits per heavy atom. The Kier molecular flexibility index (Phi) is 5.86. The fourth-order valence-corrected chi connectivity index (χ4v) is 3.81. The summed E-state index contributed by atoms with van der Waals surface area (Å²) in [5, 5.41) is 2.38. The van der Waals surface area contributed by atoms with E-state index in [1.807, 2.05) is 0 Å². The summed E-state index contributed by atoms with van der Waals surface area (Å²) in [5.41, 5.74) is 0.640. The molecule has 0 unspecified atom stereocenters. The fraction of sp³-hybridized carbons (Fsp3) is 0.0500. The van der Waals surface area contributed by atoms with E-state index in [-0.39, 0.29) is 26.9 Å². The zero-order valence-electron chi connectivity index (χ0n) is 15.0. The number of nitrogens with one attached hydrogen (secondary N) is 2. The molecule has 0 atom stereocenters. The lowest BCUT2D eigenvalue weighted by Crippen LogP contribution is -2.17. The van der Waals surface area contributed by atoms with Gasteiger partial charge in [-0.25, -0.2) is 17.2 Å². The average Bonchev–Trinajstić information content (AvgIpc) is 2.66. The fourth-order valence-electron chi connectivity index (χ4n) is 2.53. The van der Waals surface area contributed by atoms with Crippen LogP contribution in [-0.4, -0.2) is 14.3 Å². The molecule has 9 heteroatoms. The van der Waals surface area contributed by atoms with Crippen molar-refractivity contribution < 1.29 is 22.0 Å². The lowest BCUT2D eigenvalue weighted by atomic mass is 10.1. The van der Waals surface area contributed by atoms with Crippen molar-refractivity contribution >= 4 is 38.9 Å². The van der Waals surface area contributed by atoms with Crippen molar-refractivity contribution in [3.8, 4) is 0 Å². The molecule has 0 bridgehead atoms. The van der Waals surface area contributed by atoms with Crippen molar-refractivity contribution in [3.63, 3.8) is 0 Å². The molecule has 0 spiro atoms. The van der Waals surface area contributed by atoms with Crippen LogP contribution >= 0.6 is 11.6 Å². The molecule has 0 aromatic heterocycles. The highest BCUT2D eigenvalue weighted by atomic mass is 35.5. The number of halogens is 3. The third kappa shape index (κ3) is 4.72. The number of amides is 1. The molecular weight excluding hydrogens is 422 g/mol. The highest BCUT2D eigenvalue weighted by Crippen LogP contribution is 2.23. The summed E-state index contributed by atoms with van der Waals surface area (Å²) < 4.78 is 54.4. The van der Waals surface area contributed by atoms with E-state index in [0.29, 0.717) is 5.56 Å². The van der Waals surface area contributed by atoms with Crippen molar-refractivity contribution in [2.45, 2.75) is 11.8 Å². The van der Waals surface area contributed by atoms with Crippen molar-refractivity contribution in [2.24, 2.45) is 0 Å². The van der Waals surface area contributed by atoms with E-state index in [1.54, 1.807) is 6.92 Å². The Morgan fingerprint density at radius 3 is 2.38 bits per heavy atom. The number of rotatable bonds is 5. The predicted octanol–water partition coefficient (Wildman–Crippen LogP) is 4.98. The number of aryl methyl sites for hydroxylation is 1. The summed E-state index contributed by atoms with van der Waals surface area (Å²) in [7, 11) is -4.13. The molecule has 2 N–H and O–H groups in total. The second kappa shape index (κ2) is 8.18.